The van der Waals surface area contributed by atoms with Crippen molar-refractivity contribution in [2.45, 2.75) is 84.3 Å². The van der Waals surface area contributed by atoms with Gasteiger partial charge in [0.1, 0.15) is 0 Å². The standard InChI is InChI=1S/C28H48O6/c1-7-9-11-12-13-14-16-18-23(19-21-25(27(29)33-5)28(30)34-6)24(17-15-10-8-2)20-22-26(31-3)32-4/h13-14,16,18,20,22-26H,7-12,15,17,19,21H2,1-6H3/b14-13-,18-16+,22-20+. The third-order valence-corrected chi connectivity index (χ3v) is 6.01. The van der Waals surface area contributed by atoms with Crippen LogP contribution in [0.5, 0.6) is 0 Å². The van der Waals surface area contributed by atoms with E-state index in [1.807, 2.05) is 6.08 Å². The fourth-order valence-electron chi connectivity index (χ4n) is 3.89. The second-order valence-electron chi connectivity index (χ2n) is 8.53. The molecular weight excluding hydrogens is 432 g/mol. The summed E-state index contributed by atoms with van der Waals surface area (Å²) in [6.45, 7) is 4.39. The molecule has 0 spiro atoms. The Kier molecular flexibility index (Phi) is 20.4. The second kappa shape index (κ2) is 21.6. The van der Waals surface area contributed by atoms with Crippen LogP contribution in [-0.2, 0) is 28.5 Å². The van der Waals surface area contributed by atoms with Crippen molar-refractivity contribution in [3.8, 4) is 0 Å². The van der Waals surface area contributed by atoms with Crippen LogP contribution in [0.15, 0.2) is 36.5 Å². The van der Waals surface area contributed by atoms with E-state index in [0.717, 1.165) is 32.1 Å². The Morgan fingerprint density at radius 3 is 1.82 bits per heavy atom. The largest absolute Gasteiger partial charge is 0.468 e. The summed E-state index contributed by atoms with van der Waals surface area (Å²) in [6, 6.07) is 0. The summed E-state index contributed by atoms with van der Waals surface area (Å²) >= 11 is 0. The highest BCUT2D eigenvalue weighted by molar-refractivity contribution is 5.94. The van der Waals surface area contributed by atoms with Gasteiger partial charge in [-0.15, -0.1) is 0 Å². The van der Waals surface area contributed by atoms with Gasteiger partial charge in [-0.3, -0.25) is 9.59 Å². The summed E-state index contributed by atoms with van der Waals surface area (Å²) < 4.78 is 20.4. The van der Waals surface area contributed by atoms with Gasteiger partial charge in [0.2, 0.25) is 0 Å². The van der Waals surface area contributed by atoms with Crippen molar-refractivity contribution in [1.82, 2.24) is 0 Å². The molecule has 6 nitrogen and oxygen atoms in total. The molecule has 0 amide bonds. The third kappa shape index (κ3) is 14.4. The lowest BCUT2D eigenvalue weighted by molar-refractivity contribution is -0.159. The van der Waals surface area contributed by atoms with Crippen LogP contribution in [-0.4, -0.2) is 46.7 Å². The number of allylic oxidation sites excluding steroid dienone is 5. The number of hydrogen-bond donors (Lipinski definition) is 0. The Balaban J connectivity index is 5.67. The van der Waals surface area contributed by atoms with Crippen molar-refractivity contribution in [1.29, 1.82) is 0 Å². The van der Waals surface area contributed by atoms with Crippen molar-refractivity contribution in [2.24, 2.45) is 17.8 Å². The van der Waals surface area contributed by atoms with Crippen LogP contribution in [0.3, 0.4) is 0 Å². The molecule has 2 atom stereocenters. The Morgan fingerprint density at radius 2 is 1.26 bits per heavy atom. The lowest BCUT2D eigenvalue weighted by Gasteiger charge is -2.24. The van der Waals surface area contributed by atoms with Crippen molar-refractivity contribution < 1.29 is 28.5 Å². The average Bonchev–Trinajstić information content (AvgIpc) is 2.86. The first-order chi connectivity index (χ1) is 16.5. The van der Waals surface area contributed by atoms with Crippen LogP contribution in [0, 0.1) is 17.8 Å². The first-order valence-electron chi connectivity index (χ1n) is 12.7. The topological polar surface area (TPSA) is 71.1 Å². The molecular formula is C28H48O6. The van der Waals surface area contributed by atoms with Crippen molar-refractivity contribution in [3.05, 3.63) is 36.5 Å². The molecule has 0 heterocycles. The zero-order chi connectivity index (χ0) is 25.6. The quantitative estimate of drug-likeness (QED) is 0.0501. The van der Waals surface area contributed by atoms with E-state index >= 15 is 0 Å². The van der Waals surface area contributed by atoms with Gasteiger partial charge in [0.05, 0.1) is 14.2 Å². The molecule has 0 aromatic rings. The molecule has 0 aromatic heterocycles. The van der Waals surface area contributed by atoms with Crippen LogP contribution >= 0.6 is 0 Å². The van der Waals surface area contributed by atoms with Crippen LogP contribution in [0.1, 0.15) is 78.1 Å². The minimum atomic E-state index is -0.915. The van der Waals surface area contributed by atoms with Gasteiger partial charge in [-0.1, -0.05) is 76.3 Å². The van der Waals surface area contributed by atoms with Crippen molar-refractivity contribution >= 4 is 11.9 Å². The number of carbonyl (C=O) groups is 2. The fraction of sp³-hybridized carbons (Fsp3) is 0.714. The van der Waals surface area contributed by atoms with Crippen LogP contribution in [0.25, 0.3) is 0 Å². The fourth-order valence-corrected chi connectivity index (χ4v) is 3.89. The normalized spacial score (nSPS) is 14.0. The van der Waals surface area contributed by atoms with E-state index in [0.29, 0.717) is 12.8 Å². The van der Waals surface area contributed by atoms with Crippen LogP contribution in [0.4, 0.5) is 0 Å². The van der Waals surface area contributed by atoms with E-state index in [1.165, 1.54) is 33.5 Å². The molecule has 0 aliphatic heterocycles. The molecule has 34 heavy (non-hydrogen) atoms. The minimum Gasteiger partial charge on any atom is -0.468 e. The lowest BCUT2D eigenvalue weighted by Crippen LogP contribution is -2.27. The van der Waals surface area contributed by atoms with Gasteiger partial charge in [0.25, 0.3) is 0 Å². The predicted octanol–water partition coefficient (Wildman–Crippen LogP) is 6.41. The zero-order valence-corrected chi connectivity index (χ0v) is 22.3. The van der Waals surface area contributed by atoms with Crippen LogP contribution in [0.2, 0.25) is 0 Å². The van der Waals surface area contributed by atoms with E-state index in [-0.39, 0.29) is 11.8 Å². The lowest BCUT2D eigenvalue weighted by atomic mass is 9.82. The summed E-state index contributed by atoms with van der Waals surface area (Å²) in [5.41, 5.74) is 0. The van der Waals surface area contributed by atoms with Gasteiger partial charge in [-0.05, 0) is 50.0 Å². The van der Waals surface area contributed by atoms with E-state index in [4.69, 9.17) is 18.9 Å². The summed E-state index contributed by atoms with van der Waals surface area (Å²) in [5.74, 6) is -1.66. The number of rotatable bonds is 20. The number of esters is 2. The molecule has 0 aliphatic rings. The number of carbonyl (C=O) groups excluding carboxylic acids is 2. The maximum absolute atomic E-state index is 12.2. The van der Waals surface area contributed by atoms with E-state index in [9.17, 15) is 9.59 Å². The van der Waals surface area contributed by atoms with Gasteiger partial charge in [-0.25, -0.2) is 0 Å². The molecule has 0 N–H and O–H groups in total. The molecule has 0 fully saturated rings. The highest BCUT2D eigenvalue weighted by atomic mass is 16.7. The van der Waals surface area contributed by atoms with Crippen molar-refractivity contribution in [2.75, 3.05) is 28.4 Å². The first kappa shape index (κ1) is 32.1. The molecule has 6 heteroatoms. The molecule has 0 radical (unpaired) electrons. The third-order valence-electron chi connectivity index (χ3n) is 6.01. The van der Waals surface area contributed by atoms with Gasteiger partial charge in [-0.2, -0.15) is 0 Å². The summed E-state index contributed by atoms with van der Waals surface area (Å²) in [7, 11) is 5.82. The predicted molar refractivity (Wildman–Crippen MR) is 137 cm³/mol. The summed E-state index contributed by atoms with van der Waals surface area (Å²) in [5, 5.41) is 0. The highest BCUT2D eigenvalue weighted by Crippen LogP contribution is 2.29. The summed E-state index contributed by atoms with van der Waals surface area (Å²) in [6.07, 6.45) is 22.4. The molecule has 0 rings (SSSR count). The monoisotopic (exact) mass is 480 g/mol. The van der Waals surface area contributed by atoms with Crippen LogP contribution < -0.4 is 0 Å². The second-order valence-corrected chi connectivity index (χ2v) is 8.53. The molecule has 0 saturated heterocycles. The Bertz CT molecular complexity index is 590. The number of ether oxygens (including phenoxy) is 4. The molecule has 0 aromatic carbocycles. The van der Waals surface area contributed by atoms with E-state index < -0.39 is 24.1 Å². The minimum absolute atomic E-state index is 0.138. The molecule has 196 valence electrons. The maximum Gasteiger partial charge on any atom is 0.320 e. The molecule has 0 bridgehead atoms. The van der Waals surface area contributed by atoms with E-state index in [2.05, 4.69) is 44.2 Å². The number of unbranched alkanes of at least 4 members (excludes halogenated alkanes) is 5. The van der Waals surface area contributed by atoms with Crippen molar-refractivity contribution in [3.63, 3.8) is 0 Å². The summed E-state index contributed by atoms with van der Waals surface area (Å²) in [4.78, 5) is 24.4. The highest BCUT2D eigenvalue weighted by Gasteiger charge is 2.30. The number of hydrogen-bond acceptors (Lipinski definition) is 6. The molecule has 0 aliphatic carbocycles. The average molecular weight is 481 g/mol. The molecule has 2 unspecified atom stereocenters. The SMILES string of the molecule is CCCCC/C=C\C=C\C(CCC(C(=O)OC)C(=O)OC)C(/C=C/C(OC)OC)CCCCC. The zero-order valence-electron chi connectivity index (χ0n) is 22.3. The molecule has 0 saturated carbocycles. The van der Waals surface area contributed by atoms with Gasteiger partial charge in [0.15, 0.2) is 12.2 Å². The smallest absolute Gasteiger partial charge is 0.320 e. The Labute approximate surface area is 207 Å². The van der Waals surface area contributed by atoms with Gasteiger partial charge < -0.3 is 18.9 Å². The van der Waals surface area contributed by atoms with Gasteiger partial charge in [0, 0.05) is 14.2 Å². The van der Waals surface area contributed by atoms with E-state index in [1.54, 1.807) is 14.2 Å². The Morgan fingerprint density at radius 1 is 0.676 bits per heavy atom. The number of methoxy groups -OCH3 is 4. The maximum atomic E-state index is 12.2. The first-order valence-corrected chi connectivity index (χ1v) is 12.7. The van der Waals surface area contributed by atoms with Gasteiger partial charge >= 0.3 is 11.9 Å². The Hall–Kier alpha value is -1.92.